The molecule has 0 heterocycles. The maximum absolute atomic E-state index is 11.1. The van der Waals surface area contributed by atoms with Crippen molar-refractivity contribution in [3.8, 4) is 0 Å². The van der Waals surface area contributed by atoms with Gasteiger partial charge < -0.3 is 11.1 Å². The van der Waals surface area contributed by atoms with Crippen LogP contribution >= 0.6 is 0 Å². The quantitative estimate of drug-likeness (QED) is 0.702. The molecular weight excluding hydrogens is 214 g/mol. The third kappa shape index (κ3) is 5.04. The van der Waals surface area contributed by atoms with Gasteiger partial charge in [-0.2, -0.15) is 0 Å². The van der Waals surface area contributed by atoms with Crippen LogP contribution in [0.4, 0.5) is 0 Å². The Morgan fingerprint density at radius 3 is 2.47 bits per heavy atom. The predicted octanol–water partition coefficient (Wildman–Crippen LogP) is 1.10. The lowest BCUT2D eigenvalue weighted by Crippen LogP contribution is -2.45. The Bertz CT molecular complexity index is 225. The fourth-order valence-corrected chi connectivity index (χ4v) is 2.68. The van der Waals surface area contributed by atoms with Gasteiger partial charge in [0.2, 0.25) is 5.91 Å². The van der Waals surface area contributed by atoms with E-state index in [-0.39, 0.29) is 5.91 Å². The van der Waals surface area contributed by atoms with Crippen molar-refractivity contribution in [1.82, 2.24) is 10.2 Å². The van der Waals surface area contributed by atoms with Crippen LogP contribution in [-0.4, -0.2) is 43.0 Å². The molecule has 1 aliphatic rings. The molecule has 0 spiro atoms. The van der Waals surface area contributed by atoms with Gasteiger partial charge in [-0.15, -0.1) is 0 Å². The normalized spacial score (nSPS) is 25.1. The highest BCUT2D eigenvalue weighted by Gasteiger charge is 2.25. The van der Waals surface area contributed by atoms with Crippen molar-refractivity contribution in [1.29, 1.82) is 0 Å². The molecule has 3 N–H and O–H groups in total. The molecule has 0 aliphatic heterocycles. The Balaban J connectivity index is 2.43. The fourth-order valence-electron chi connectivity index (χ4n) is 2.68. The smallest absolute Gasteiger partial charge is 0.231 e. The van der Waals surface area contributed by atoms with Crippen LogP contribution in [0.15, 0.2) is 0 Å². The van der Waals surface area contributed by atoms with Crippen molar-refractivity contribution in [2.45, 2.75) is 57.5 Å². The number of amides is 1. The number of unbranched alkanes of at least 4 members (excludes halogenated alkanes) is 1. The zero-order chi connectivity index (χ0) is 12.7. The highest BCUT2D eigenvalue weighted by molar-refractivity contribution is 5.75. The van der Waals surface area contributed by atoms with Crippen molar-refractivity contribution in [2.24, 2.45) is 5.73 Å². The van der Waals surface area contributed by atoms with E-state index in [1.54, 1.807) is 0 Å². The summed E-state index contributed by atoms with van der Waals surface area (Å²) in [5.41, 5.74) is 5.33. The molecule has 17 heavy (non-hydrogen) atoms. The van der Waals surface area contributed by atoms with Gasteiger partial charge in [0.15, 0.2) is 0 Å². The number of carbonyl (C=O) groups is 1. The van der Waals surface area contributed by atoms with Gasteiger partial charge in [0.25, 0.3) is 0 Å². The monoisotopic (exact) mass is 241 g/mol. The van der Waals surface area contributed by atoms with E-state index >= 15 is 0 Å². The van der Waals surface area contributed by atoms with Gasteiger partial charge in [0.1, 0.15) is 0 Å². The Labute approximate surface area is 105 Å². The summed E-state index contributed by atoms with van der Waals surface area (Å²) >= 11 is 0. The first-order valence-electron chi connectivity index (χ1n) is 6.87. The number of nitrogens with one attached hydrogen (secondary N) is 1. The third-order valence-electron chi connectivity index (χ3n) is 3.78. The summed E-state index contributed by atoms with van der Waals surface area (Å²) in [6.07, 6.45) is 7.11. The molecule has 4 heteroatoms. The van der Waals surface area contributed by atoms with Crippen LogP contribution in [0.3, 0.4) is 0 Å². The SMILES string of the molecule is CCCCN(CC(N)=O)C1CCC(NC)CC1. The van der Waals surface area contributed by atoms with Crippen molar-refractivity contribution in [3.63, 3.8) is 0 Å². The maximum atomic E-state index is 11.1. The van der Waals surface area contributed by atoms with Gasteiger partial charge in [-0.3, -0.25) is 9.69 Å². The van der Waals surface area contributed by atoms with Crippen LogP contribution in [0.2, 0.25) is 0 Å². The van der Waals surface area contributed by atoms with E-state index in [1.807, 2.05) is 7.05 Å². The number of primary amides is 1. The van der Waals surface area contributed by atoms with Gasteiger partial charge in [0.05, 0.1) is 6.54 Å². The fraction of sp³-hybridized carbons (Fsp3) is 0.923. The summed E-state index contributed by atoms with van der Waals surface area (Å²) in [6.45, 7) is 3.61. The first-order valence-corrected chi connectivity index (χ1v) is 6.87. The van der Waals surface area contributed by atoms with Crippen LogP contribution in [0.25, 0.3) is 0 Å². The molecule has 0 unspecified atom stereocenters. The first kappa shape index (κ1) is 14.5. The number of rotatable bonds is 7. The van der Waals surface area contributed by atoms with Crippen molar-refractivity contribution < 1.29 is 4.79 Å². The second kappa shape index (κ2) is 7.67. The lowest BCUT2D eigenvalue weighted by molar-refractivity contribution is -0.119. The van der Waals surface area contributed by atoms with E-state index in [2.05, 4.69) is 17.1 Å². The molecule has 0 saturated heterocycles. The minimum Gasteiger partial charge on any atom is -0.369 e. The number of carbonyl (C=O) groups excluding carboxylic acids is 1. The van der Waals surface area contributed by atoms with Crippen molar-refractivity contribution >= 4 is 5.91 Å². The van der Waals surface area contributed by atoms with Crippen LogP contribution < -0.4 is 11.1 Å². The van der Waals surface area contributed by atoms with E-state index in [4.69, 9.17) is 5.73 Å². The molecule has 0 aromatic heterocycles. The highest BCUT2D eigenvalue weighted by atomic mass is 16.1. The molecule has 1 aliphatic carbocycles. The Hall–Kier alpha value is -0.610. The van der Waals surface area contributed by atoms with Gasteiger partial charge in [0, 0.05) is 12.1 Å². The molecule has 0 atom stereocenters. The summed E-state index contributed by atoms with van der Waals surface area (Å²) in [6, 6.07) is 1.21. The summed E-state index contributed by atoms with van der Waals surface area (Å²) in [7, 11) is 2.03. The summed E-state index contributed by atoms with van der Waals surface area (Å²) in [5.74, 6) is -0.197. The van der Waals surface area contributed by atoms with Crippen molar-refractivity contribution in [3.05, 3.63) is 0 Å². The van der Waals surface area contributed by atoms with Crippen LogP contribution in [0.5, 0.6) is 0 Å². The largest absolute Gasteiger partial charge is 0.369 e. The number of hydrogen-bond donors (Lipinski definition) is 2. The molecule has 1 amide bonds. The molecule has 100 valence electrons. The van der Waals surface area contributed by atoms with Crippen molar-refractivity contribution in [2.75, 3.05) is 20.1 Å². The average molecular weight is 241 g/mol. The Morgan fingerprint density at radius 1 is 1.35 bits per heavy atom. The molecule has 0 aromatic rings. The number of nitrogens with zero attached hydrogens (tertiary/aromatic N) is 1. The zero-order valence-corrected chi connectivity index (χ0v) is 11.2. The predicted molar refractivity (Wildman–Crippen MR) is 70.8 cm³/mol. The van der Waals surface area contributed by atoms with Crippen LogP contribution in [0, 0.1) is 0 Å². The standard InChI is InChI=1S/C13H27N3O/c1-3-4-9-16(10-13(14)17)12-7-5-11(15-2)6-8-12/h11-12,15H,3-10H2,1-2H3,(H2,14,17). The number of hydrogen-bond acceptors (Lipinski definition) is 3. The first-order chi connectivity index (χ1) is 8.17. The van der Waals surface area contributed by atoms with E-state index in [0.717, 1.165) is 13.0 Å². The topological polar surface area (TPSA) is 58.4 Å². The van der Waals surface area contributed by atoms with Crippen LogP contribution in [-0.2, 0) is 4.79 Å². The molecule has 0 aromatic carbocycles. The third-order valence-corrected chi connectivity index (χ3v) is 3.78. The lowest BCUT2D eigenvalue weighted by atomic mass is 9.90. The van der Waals surface area contributed by atoms with E-state index < -0.39 is 0 Å². The average Bonchev–Trinajstić information content (AvgIpc) is 2.34. The van der Waals surface area contributed by atoms with Gasteiger partial charge in [-0.1, -0.05) is 13.3 Å². The maximum Gasteiger partial charge on any atom is 0.231 e. The molecule has 0 bridgehead atoms. The van der Waals surface area contributed by atoms with Crippen LogP contribution in [0.1, 0.15) is 45.4 Å². The van der Waals surface area contributed by atoms with E-state index in [1.165, 1.54) is 32.1 Å². The van der Waals surface area contributed by atoms with Gasteiger partial charge >= 0.3 is 0 Å². The Morgan fingerprint density at radius 2 is 2.00 bits per heavy atom. The molecule has 1 fully saturated rings. The molecule has 4 nitrogen and oxygen atoms in total. The molecular formula is C13H27N3O. The van der Waals surface area contributed by atoms with E-state index in [0.29, 0.717) is 18.6 Å². The Kier molecular flexibility index (Phi) is 6.52. The lowest BCUT2D eigenvalue weighted by Gasteiger charge is -2.36. The second-order valence-electron chi connectivity index (χ2n) is 5.08. The summed E-state index contributed by atoms with van der Waals surface area (Å²) < 4.78 is 0. The summed E-state index contributed by atoms with van der Waals surface area (Å²) in [5, 5.41) is 3.34. The van der Waals surface area contributed by atoms with Gasteiger partial charge in [-0.25, -0.2) is 0 Å². The van der Waals surface area contributed by atoms with E-state index in [9.17, 15) is 4.79 Å². The summed E-state index contributed by atoms with van der Waals surface area (Å²) in [4.78, 5) is 13.4. The number of nitrogens with two attached hydrogens (primary N) is 1. The highest BCUT2D eigenvalue weighted by Crippen LogP contribution is 2.23. The van der Waals surface area contributed by atoms with Gasteiger partial charge in [-0.05, 0) is 45.7 Å². The molecule has 0 radical (unpaired) electrons. The molecule has 1 rings (SSSR count). The minimum absolute atomic E-state index is 0.197. The zero-order valence-electron chi connectivity index (χ0n) is 11.2. The second-order valence-corrected chi connectivity index (χ2v) is 5.08. The minimum atomic E-state index is -0.197. The molecule has 1 saturated carbocycles.